The first-order chi connectivity index (χ1) is 15.5. The molecule has 0 aliphatic heterocycles. The Labute approximate surface area is 209 Å². The van der Waals surface area contributed by atoms with Gasteiger partial charge in [0.25, 0.3) is 5.91 Å². The molecule has 0 saturated carbocycles. The van der Waals surface area contributed by atoms with Gasteiger partial charge in [-0.1, -0.05) is 28.1 Å². The van der Waals surface area contributed by atoms with Crippen LogP contribution in [0.25, 0.3) is 6.08 Å². The third-order valence-corrected chi connectivity index (χ3v) is 5.58. The molecule has 162 valence electrons. The van der Waals surface area contributed by atoms with Crippen molar-refractivity contribution < 1.29 is 14.3 Å². The number of halogens is 2. The predicted octanol–water partition coefficient (Wildman–Crippen LogP) is 6.58. The van der Waals surface area contributed by atoms with Crippen LogP contribution in [0.5, 0.6) is 11.5 Å². The number of nitrogens with one attached hydrogen (secondary N) is 1. The second-order valence-corrected chi connectivity index (χ2v) is 8.84. The SMILES string of the molecule is CCOc1ccc(NC(=O)/C(C#N)=C/c2cc(Br)ccc2OCc2ccc(I)cc2)cc1. The van der Waals surface area contributed by atoms with Crippen LogP contribution in [0.2, 0.25) is 0 Å². The van der Waals surface area contributed by atoms with Crippen molar-refractivity contribution in [2.24, 2.45) is 0 Å². The molecule has 3 rings (SSSR count). The highest BCUT2D eigenvalue weighted by Crippen LogP contribution is 2.27. The monoisotopic (exact) mass is 602 g/mol. The Balaban J connectivity index is 1.77. The molecule has 3 aromatic rings. The number of nitriles is 1. The second kappa shape index (κ2) is 11.7. The molecule has 3 aromatic carbocycles. The van der Waals surface area contributed by atoms with Crippen molar-refractivity contribution in [3.05, 3.63) is 91.5 Å². The summed E-state index contributed by atoms with van der Waals surface area (Å²) < 4.78 is 13.3. The number of hydrogen-bond acceptors (Lipinski definition) is 4. The van der Waals surface area contributed by atoms with Crippen molar-refractivity contribution >= 4 is 56.2 Å². The van der Waals surface area contributed by atoms with Gasteiger partial charge in [-0.2, -0.15) is 5.26 Å². The molecule has 1 amide bonds. The van der Waals surface area contributed by atoms with Crippen LogP contribution in [-0.4, -0.2) is 12.5 Å². The third-order valence-electron chi connectivity index (χ3n) is 4.37. The number of carbonyl (C=O) groups is 1. The Morgan fingerprint density at radius 3 is 2.47 bits per heavy atom. The minimum Gasteiger partial charge on any atom is -0.494 e. The van der Waals surface area contributed by atoms with Gasteiger partial charge in [0.2, 0.25) is 0 Å². The van der Waals surface area contributed by atoms with Gasteiger partial charge >= 0.3 is 0 Å². The number of amides is 1. The normalized spacial score (nSPS) is 10.9. The van der Waals surface area contributed by atoms with E-state index in [1.807, 2.05) is 55.5 Å². The summed E-state index contributed by atoms with van der Waals surface area (Å²) in [5.41, 5.74) is 2.19. The number of carbonyl (C=O) groups excluding carboxylic acids is 1. The van der Waals surface area contributed by atoms with Crippen LogP contribution in [-0.2, 0) is 11.4 Å². The van der Waals surface area contributed by atoms with Gasteiger partial charge in [-0.05, 0) is 95.8 Å². The van der Waals surface area contributed by atoms with Crippen LogP contribution in [0, 0.1) is 14.9 Å². The summed E-state index contributed by atoms with van der Waals surface area (Å²) in [6, 6.07) is 22.5. The molecular formula is C25H20BrIN2O3. The van der Waals surface area contributed by atoms with Crippen LogP contribution < -0.4 is 14.8 Å². The van der Waals surface area contributed by atoms with E-state index in [1.54, 1.807) is 24.3 Å². The molecular weight excluding hydrogens is 583 g/mol. The zero-order valence-corrected chi connectivity index (χ0v) is 21.0. The molecule has 0 spiro atoms. The largest absolute Gasteiger partial charge is 0.494 e. The number of anilines is 1. The van der Waals surface area contributed by atoms with Gasteiger partial charge in [-0.15, -0.1) is 0 Å². The quantitative estimate of drug-likeness (QED) is 0.180. The maximum Gasteiger partial charge on any atom is 0.266 e. The summed E-state index contributed by atoms with van der Waals surface area (Å²) in [6.45, 7) is 2.84. The minimum atomic E-state index is -0.500. The lowest BCUT2D eigenvalue weighted by Gasteiger charge is -2.11. The van der Waals surface area contributed by atoms with Gasteiger partial charge in [0, 0.05) is 19.3 Å². The summed E-state index contributed by atoms with van der Waals surface area (Å²) in [6.07, 6.45) is 1.53. The molecule has 0 heterocycles. The van der Waals surface area contributed by atoms with E-state index in [0.29, 0.717) is 36.0 Å². The van der Waals surface area contributed by atoms with Crippen molar-refractivity contribution in [1.82, 2.24) is 0 Å². The second-order valence-electron chi connectivity index (χ2n) is 6.68. The van der Waals surface area contributed by atoms with Gasteiger partial charge in [0.1, 0.15) is 29.7 Å². The summed E-state index contributed by atoms with van der Waals surface area (Å²) in [5, 5.41) is 12.3. The summed E-state index contributed by atoms with van der Waals surface area (Å²) in [5.74, 6) is 0.791. The van der Waals surface area contributed by atoms with Crippen LogP contribution >= 0.6 is 38.5 Å². The summed E-state index contributed by atoms with van der Waals surface area (Å²) >= 11 is 5.69. The molecule has 0 unspecified atom stereocenters. The maximum absolute atomic E-state index is 12.7. The number of nitrogens with zero attached hydrogens (tertiary/aromatic N) is 1. The molecule has 0 atom stereocenters. The summed E-state index contributed by atoms with van der Waals surface area (Å²) in [7, 11) is 0. The molecule has 0 bridgehead atoms. The Morgan fingerprint density at radius 1 is 1.09 bits per heavy atom. The van der Waals surface area contributed by atoms with Gasteiger partial charge in [-0.25, -0.2) is 0 Å². The van der Waals surface area contributed by atoms with Crippen molar-refractivity contribution in [1.29, 1.82) is 5.26 Å². The first-order valence-corrected chi connectivity index (χ1v) is 11.7. The fraction of sp³-hybridized carbons (Fsp3) is 0.120. The fourth-order valence-corrected chi connectivity index (χ4v) is 3.55. The molecule has 0 aliphatic rings. The fourth-order valence-electron chi connectivity index (χ4n) is 2.81. The molecule has 7 heteroatoms. The van der Waals surface area contributed by atoms with Crippen molar-refractivity contribution in [3.63, 3.8) is 0 Å². The Morgan fingerprint density at radius 2 is 1.81 bits per heavy atom. The lowest BCUT2D eigenvalue weighted by atomic mass is 10.1. The molecule has 0 aromatic heterocycles. The number of hydrogen-bond donors (Lipinski definition) is 1. The van der Waals surface area contributed by atoms with Gasteiger partial charge in [-0.3, -0.25) is 4.79 Å². The smallest absolute Gasteiger partial charge is 0.266 e. The first kappa shape index (κ1) is 23.8. The minimum absolute atomic E-state index is 0.0314. The molecule has 32 heavy (non-hydrogen) atoms. The number of rotatable bonds is 8. The van der Waals surface area contributed by atoms with Crippen molar-refractivity contribution in [3.8, 4) is 17.6 Å². The molecule has 0 radical (unpaired) electrons. The highest BCUT2D eigenvalue weighted by atomic mass is 127. The zero-order valence-electron chi connectivity index (χ0n) is 17.3. The van der Waals surface area contributed by atoms with Crippen molar-refractivity contribution in [2.75, 3.05) is 11.9 Å². The number of ether oxygens (including phenoxy) is 2. The van der Waals surface area contributed by atoms with E-state index in [9.17, 15) is 10.1 Å². The Kier molecular flexibility index (Phi) is 8.71. The van der Waals surface area contributed by atoms with Crippen LogP contribution in [0.15, 0.2) is 76.8 Å². The maximum atomic E-state index is 12.7. The van der Waals surface area contributed by atoms with E-state index in [-0.39, 0.29) is 5.57 Å². The average Bonchev–Trinajstić information content (AvgIpc) is 2.79. The lowest BCUT2D eigenvalue weighted by Crippen LogP contribution is -2.13. The third kappa shape index (κ3) is 6.84. The number of benzene rings is 3. The summed E-state index contributed by atoms with van der Waals surface area (Å²) in [4.78, 5) is 12.7. The van der Waals surface area contributed by atoms with E-state index >= 15 is 0 Å². The van der Waals surface area contributed by atoms with Gasteiger partial charge in [0.05, 0.1) is 6.61 Å². The highest BCUT2D eigenvalue weighted by Gasteiger charge is 2.12. The molecule has 0 fully saturated rings. The van der Waals surface area contributed by atoms with E-state index < -0.39 is 5.91 Å². The zero-order chi connectivity index (χ0) is 22.9. The Hall–Kier alpha value is -2.83. The molecule has 0 aliphatic carbocycles. The lowest BCUT2D eigenvalue weighted by molar-refractivity contribution is -0.112. The Bertz CT molecular complexity index is 1150. The van der Waals surface area contributed by atoms with E-state index in [2.05, 4.69) is 43.8 Å². The van der Waals surface area contributed by atoms with E-state index in [0.717, 1.165) is 13.6 Å². The standard InChI is InChI=1S/C25H20BrIN2O3/c1-2-31-23-10-8-22(9-11-23)29-25(30)19(15-28)13-18-14-20(26)5-12-24(18)32-16-17-3-6-21(27)7-4-17/h3-14H,2,16H2,1H3,(H,29,30)/b19-13+. The van der Waals surface area contributed by atoms with Crippen LogP contribution in [0.4, 0.5) is 5.69 Å². The molecule has 0 saturated heterocycles. The van der Waals surface area contributed by atoms with Crippen LogP contribution in [0.3, 0.4) is 0 Å². The van der Waals surface area contributed by atoms with Crippen molar-refractivity contribution in [2.45, 2.75) is 13.5 Å². The van der Waals surface area contributed by atoms with E-state index in [4.69, 9.17) is 9.47 Å². The average molecular weight is 603 g/mol. The molecule has 5 nitrogen and oxygen atoms in total. The molecule has 1 N–H and O–H groups in total. The van der Waals surface area contributed by atoms with Gasteiger partial charge < -0.3 is 14.8 Å². The first-order valence-electron chi connectivity index (χ1n) is 9.81. The van der Waals surface area contributed by atoms with E-state index in [1.165, 1.54) is 6.08 Å². The predicted molar refractivity (Wildman–Crippen MR) is 137 cm³/mol. The van der Waals surface area contributed by atoms with Crippen LogP contribution in [0.1, 0.15) is 18.1 Å². The van der Waals surface area contributed by atoms with Gasteiger partial charge in [0.15, 0.2) is 0 Å². The topological polar surface area (TPSA) is 71.3 Å². The highest BCUT2D eigenvalue weighted by molar-refractivity contribution is 14.1.